The van der Waals surface area contributed by atoms with Gasteiger partial charge in [0.15, 0.2) is 0 Å². The van der Waals surface area contributed by atoms with Crippen molar-refractivity contribution in [1.82, 2.24) is 5.32 Å². The second-order valence-electron chi connectivity index (χ2n) is 5.47. The Balaban J connectivity index is 1.88. The van der Waals surface area contributed by atoms with E-state index in [1.807, 2.05) is 13.8 Å². The number of furan rings is 1. The van der Waals surface area contributed by atoms with E-state index in [4.69, 9.17) is 14.9 Å². The first kappa shape index (κ1) is 17.1. The molecule has 0 aliphatic heterocycles. The van der Waals surface area contributed by atoms with Crippen LogP contribution in [0, 0.1) is 0 Å². The van der Waals surface area contributed by atoms with Crippen molar-refractivity contribution in [3.63, 3.8) is 0 Å². The van der Waals surface area contributed by atoms with E-state index in [1.165, 1.54) is 6.26 Å². The molecule has 0 saturated carbocycles. The molecule has 0 fully saturated rings. The molecule has 2 aromatic rings. The average Bonchev–Trinajstić information content (AvgIpc) is 3.01. The smallest absolute Gasteiger partial charge is 0.254 e. The second-order valence-corrected chi connectivity index (χ2v) is 5.47. The van der Waals surface area contributed by atoms with Crippen LogP contribution in [0.25, 0.3) is 0 Å². The van der Waals surface area contributed by atoms with Crippen molar-refractivity contribution in [3.8, 4) is 5.75 Å². The van der Waals surface area contributed by atoms with Crippen LogP contribution < -0.4 is 15.8 Å². The first-order chi connectivity index (χ1) is 11.0. The minimum absolute atomic E-state index is 0.0958. The molecule has 1 atom stereocenters. The van der Waals surface area contributed by atoms with Gasteiger partial charge in [0.2, 0.25) is 0 Å². The molecule has 0 radical (unpaired) electrons. The monoisotopic (exact) mass is 318 g/mol. The molecule has 1 aromatic heterocycles. The van der Waals surface area contributed by atoms with Gasteiger partial charge in [-0.3, -0.25) is 4.79 Å². The van der Waals surface area contributed by atoms with Gasteiger partial charge in [-0.2, -0.15) is 0 Å². The van der Waals surface area contributed by atoms with Crippen molar-refractivity contribution in [3.05, 3.63) is 53.5 Å². The molecule has 124 valence electrons. The van der Waals surface area contributed by atoms with Gasteiger partial charge < -0.3 is 25.3 Å². The van der Waals surface area contributed by atoms with E-state index < -0.39 is 6.10 Å². The van der Waals surface area contributed by atoms with Crippen LogP contribution >= 0.6 is 0 Å². The fourth-order valence-corrected chi connectivity index (χ4v) is 2.06. The fourth-order valence-electron chi connectivity index (χ4n) is 2.06. The zero-order valence-electron chi connectivity index (χ0n) is 13.3. The Morgan fingerprint density at radius 2 is 2.04 bits per heavy atom. The first-order valence-corrected chi connectivity index (χ1v) is 7.50. The third kappa shape index (κ3) is 4.84. The van der Waals surface area contributed by atoms with Gasteiger partial charge in [-0.05, 0) is 37.6 Å². The molecule has 0 spiro atoms. The summed E-state index contributed by atoms with van der Waals surface area (Å²) in [5.74, 6) is 0.969. The highest BCUT2D eigenvalue weighted by Gasteiger charge is 2.13. The van der Waals surface area contributed by atoms with Crippen LogP contribution in [0.1, 0.15) is 41.6 Å². The summed E-state index contributed by atoms with van der Waals surface area (Å²) in [4.78, 5) is 11.9. The summed E-state index contributed by atoms with van der Waals surface area (Å²) in [5, 5.41) is 12.8. The maximum absolute atomic E-state index is 11.9. The van der Waals surface area contributed by atoms with E-state index >= 15 is 0 Å². The zero-order chi connectivity index (χ0) is 16.8. The highest BCUT2D eigenvalue weighted by molar-refractivity contribution is 5.93. The SMILES string of the molecule is CC(C)Oc1ccc(C(O)CNC(=O)c2coc(CN)c2)cc1. The Kier molecular flexibility index (Phi) is 5.78. The molecule has 1 unspecified atom stereocenters. The molecule has 1 amide bonds. The van der Waals surface area contributed by atoms with Crippen molar-refractivity contribution in [2.75, 3.05) is 6.54 Å². The molecule has 0 bridgehead atoms. The van der Waals surface area contributed by atoms with Crippen LogP contribution in [0.5, 0.6) is 5.75 Å². The molecule has 1 aromatic carbocycles. The van der Waals surface area contributed by atoms with E-state index in [-0.39, 0.29) is 25.1 Å². The van der Waals surface area contributed by atoms with Crippen LogP contribution in [0.4, 0.5) is 0 Å². The number of hydrogen-bond donors (Lipinski definition) is 3. The number of carbonyl (C=O) groups excluding carboxylic acids is 1. The standard InChI is InChI=1S/C17H22N2O4/c1-11(2)23-14-5-3-12(4-6-14)16(20)9-19-17(21)13-7-15(8-18)22-10-13/h3-7,10-11,16,20H,8-9,18H2,1-2H3,(H,19,21). The fraction of sp³-hybridized carbons (Fsp3) is 0.353. The Morgan fingerprint density at radius 3 is 2.61 bits per heavy atom. The number of hydrogen-bond acceptors (Lipinski definition) is 5. The number of nitrogens with one attached hydrogen (secondary N) is 1. The van der Waals surface area contributed by atoms with Crippen molar-refractivity contribution in [2.45, 2.75) is 32.6 Å². The van der Waals surface area contributed by atoms with E-state index in [1.54, 1.807) is 30.3 Å². The van der Waals surface area contributed by atoms with E-state index in [0.717, 1.165) is 5.75 Å². The van der Waals surface area contributed by atoms with E-state index in [0.29, 0.717) is 16.9 Å². The van der Waals surface area contributed by atoms with Crippen LogP contribution in [-0.2, 0) is 6.54 Å². The Bertz CT molecular complexity index is 634. The Hall–Kier alpha value is -2.31. The first-order valence-electron chi connectivity index (χ1n) is 7.50. The van der Waals surface area contributed by atoms with E-state index in [2.05, 4.69) is 5.32 Å². The third-order valence-electron chi connectivity index (χ3n) is 3.21. The number of carbonyl (C=O) groups is 1. The van der Waals surface area contributed by atoms with Crippen LogP contribution in [0.3, 0.4) is 0 Å². The van der Waals surface area contributed by atoms with Gasteiger partial charge >= 0.3 is 0 Å². The van der Waals surface area contributed by atoms with Crippen molar-refractivity contribution in [1.29, 1.82) is 0 Å². The molecule has 0 aliphatic rings. The number of aliphatic hydroxyl groups is 1. The maximum Gasteiger partial charge on any atom is 0.254 e. The lowest BCUT2D eigenvalue weighted by atomic mass is 10.1. The second kappa shape index (κ2) is 7.80. The summed E-state index contributed by atoms with van der Waals surface area (Å²) in [7, 11) is 0. The molecule has 0 saturated heterocycles. The molecule has 6 nitrogen and oxygen atoms in total. The molecule has 4 N–H and O–H groups in total. The van der Waals surface area contributed by atoms with Crippen molar-refractivity contribution in [2.24, 2.45) is 5.73 Å². The van der Waals surface area contributed by atoms with Gasteiger partial charge in [-0.1, -0.05) is 12.1 Å². The Labute approximate surface area is 135 Å². The van der Waals surface area contributed by atoms with E-state index in [9.17, 15) is 9.90 Å². The summed E-state index contributed by atoms with van der Waals surface area (Å²) in [6, 6.07) is 8.73. The molecule has 2 rings (SSSR count). The van der Waals surface area contributed by atoms with Gasteiger partial charge in [0.25, 0.3) is 5.91 Å². The molecular weight excluding hydrogens is 296 g/mol. The largest absolute Gasteiger partial charge is 0.491 e. The quantitative estimate of drug-likeness (QED) is 0.725. The van der Waals surface area contributed by atoms with Crippen molar-refractivity contribution < 1.29 is 19.1 Å². The summed E-state index contributed by atoms with van der Waals surface area (Å²) in [6.07, 6.45) is 0.647. The number of nitrogens with two attached hydrogens (primary N) is 1. The number of aliphatic hydroxyl groups excluding tert-OH is 1. The predicted octanol–water partition coefficient (Wildman–Crippen LogP) is 1.99. The predicted molar refractivity (Wildman–Crippen MR) is 86.1 cm³/mol. The highest BCUT2D eigenvalue weighted by Crippen LogP contribution is 2.18. The maximum atomic E-state index is 11.9. The summed E-state index contributed by atoms with van der Waals surface area (Å²) in [5.41, 5.74) is 6.52. The normalized spacial score (nSPS) is 12.2. The lowest BCUT2D eigenvalue weighted by Gasteiger charge is -2.14. The molecule has 6 heteroatoms. The lowest BCUT2D eigenvalue weighted by molar-refractivity contribution is 0.0915. The topological polar surface area (TPSA) is 97.7 Å². The van der Waals surface area contributed by atoms with Gasteiger partial charge in [-0.25, -0.2) is 0 Å². The minimum atomic E-state index is -0.798. The average molecular weight is 318 g/mol. The van der Waals surface area contributed by atoms with Gasteiger partial charge in [-0.15, -0.1) is 0 Å². The van der Waals surface area contributed by atoms with Crippen molar-refractivity contribution >= 4 is 5.91 Å². The zero-order valence-corrected chi connectivity index (χ0v) is 13.3. The molecular formula is C17H22N2O4. The summed E-state index contributed by atoms with van der Waals surface area (Å²) in [6.45, 7) is 4.24. The number of rotatable bonds is 7. The molecule has 23 heavy (non-hydrogen) atoms. The van der Waals surface area contributed by atoms with Crippen LogP contribution in [-0.4, -0.2) is 23.7 Å². The number of benzene rings is 1. The lowest BCUT2D eigenvalue weighted by Crippen LogP contribution is -2.28. The van der Waals surface area contributed by atoms with Gasteiger partial charge in [0.1, 0.15) is 17.8 Å². The summed E-state index contributed by atoms with van der Waals surface area (Å²) < 4.78 is 10.7. The third-order valence-corrected chi connectivity index (χ3v) is 3.21. The highest BCUT2D eigenvalue weighted by atomic mass is 16.5. The molecule has 1 heterocycles. The Morgan fingerprint density at radius 1 is 1.35 bits per heavy atom. The van der Waals surface area contributed by atoms with Crippen LogP contribution in [0.2, 0.25) is 0 Å². The van der Waals surface area contributed by atoms with Gasteiger partial charge in [0.05, 0.1) is 24.3 Å². The van der Waals surface area contributed by atoms with Crippen LogP contribution in [0.15, 0.2) is 41.0 Å². The minimum Gasteiger partial charge on any atom is -0.491 e. The van der Waals surface area contributed by atoms with Gasteiger partial charge in [0, 0.05) is 6.54 Å². The number of amides is 1. The summed E-state index contributed by atoms with van der Waals surface area (Å²) >= 11 is 0. The number of ether oxygens (including phenoxy) is 1. The molecule has 0 aliphatic carbocycles.